The zero-order valence-electron chi connectivity index (χ0n) is 10.6. The first-order valence-electron chi connectivity index (χ1n) is 5.95. The van der Waals surface area contributed by atoms with E-state index in [4.69, 9.17) is 5.11 Å². The molecule has 3 aromatic rings. The van der Waals surface area contributed by atoms with Gasteiger partial charge in [-0.05, 0) is 42.8 Å². The van der Waals surface area contributed by atoms with Gasteiger partial charge in [-0.2, -0.15) is 0 Å². The van der Waals surface area contributed by atoms with Crippen LogP contribution in [0.25, 0.3) is 20.8 Å². The van der Waals surface area contributed by atoms with Crippen molar-refractivity contribution in [1.82, 2.24) is 4.98 Å². The molecule has 1 N–H and O–H groups in total. The molecule has 100 valence electrons. The highest BCUT2D eigenvalue weighted by atomic mass is 32.1. The first kappa shape index (κ1) is 12.7. The number of fused-ring (bicyclic) bond motifs is 1. The molecule has 2 aromatic carbocycles. The van der Waals surface area contributed by atoms with Crippen molar-refractivity contribution in [1.29, 1.82) is 0 Å². The summed E-state index contributed by atoms with van der Waals surface area (Å²) in [5, 5.41) is 9.68. The number of aromatic nitrogens is 1. The largest absolute Gasteiger partial charge is 0.478 e. The van der Waals surface area contributed by atoms with Crippen LogP contribution in [0.1, 0.15) is 15.9 Å². The fourth-order valence-corrected chi connectivity index (χ4v) is 3.08. The Balaban J connectivity index is 2.17. The van der Waals surface area contributed by atoms with Crippen molar-refractivity contribution in [3.63, 3.8) is 0 Å². The van der Waals surface area contributed by atoms with Crippen molar-refractivity contribution in [3.05, 3.63) is 53.3 Å². The van der Waals surface area contributed by atoms with Crippen LogP contribution in [0.4, 0.5) is 4.39 Å². The zero-order valence-corrected chi connectivity index (χ0v) is 11.4. The molecular weight excluding hydrogens is 277 g/mol. The summed E-state index contributed by atoms with van der Waals surface area (Å²) in [5.41, 5.74) is 2.62. The Kier molecular flexibility index (Phi) is 2.99. The molecule has 1 aromatic heterocycles. The summed E-state index contributed by atoms with van der Waals surface area (Å²) in [7, 11) is 0. The molecule has 0 bridgehead atoms. The van der Waals surface area contributed by atoms with Gasteiger partial charge in [-0.1, -0.05) is 6.07 Å². The van der Waals surface area contributed by atoms with Gasteiger partial charge < -0.3 is 5.11 Å². The highest BCUT2D eigenvalue weighted by Gasteiger charge is 2.11. The van der Waals surface area contributed by atoms with E-state index in [0.717, 1.165) is 21.3 Å². The van der Waals surface area contributed by atoms with Gasteiger partial charge in [0, 0.05) is 5.56 Å². The third-order valence-electron chi connectivity index (χ3n) is 3.07. The summed E-state index contributed by atoms with van der Waals surface area (Å²) in [6, 6.07) is 9.35. The molecule has 3 nitrogen and oxygen atoms in total. The summed E-state index contributed by atoms with van der Waals surface area (Å²) in [6.07, 6.45) is 0. The maximum Gasteiger partial charge on any atom is 0.335 e. The van der Waals surface area contributed by atoms with Gasteiger partial charge in [0.05, 0.1) is 15.8 Å². The molecule has 0 aliphatic heterocycles. The maximum absolute atomic E-state index is 13.4. The Morgan fingerprint density at radius 3 is 2.80 bits per heavy atom. The topological polar surface area (TPSA) is 50.2 Å². The van der Waals surface area contributed by atoms with E-state index in [9.17, 15) is 9.18 Å². The molecule has 5 heteroatoms. The molecule has 3 rings (SSSR count). The molecular formula is C15H10FNO2S. The highest BCUT2D eigenvalue weighted by molar-refractivity contribution is 7.21. The summed E-state index contributed by atoms with van der Waals surface area (Å²) in [4.78, 5) is 15.4. The van der Waals surface area contributed by atoms with E-state index in [1.807, 2.05) is 6.92 Å². The van der Waals surface area contributed by atoms with Gasteiger partial charge in [0.25, 0.3) is 0 Å². The van der Waals surface area contributed by atoms with Crippen molar-refractivity contribution in [3.8, 4) is 10.6 Å². The van der Waals surface area contributed by atoms with E-state index < -0.39 is 5.97 Å². The van der Waals surface area contributed by atoms with E-state index in [2.05, 4.69) is 4.98 Å². The van der Waals surface area contributed by atoms with Gasteiger partial charge >= 0.3 is 5.97 Å². The Bertz CT molecular complexity index is 826. The van der Waals surface area contributed by atoms with E-state index in [1.165, 1.54) is 29.5 Å². The lowest BCUT2D eigenvalue weighted by atomic mass is 10.1. The molecule has 0 spiro atoms. The fraction of sp³-hybridized carbons (Fsp3) is 0.0667. The number of benzene rings is 2. The maximum atomic E-state index is 13.4. The Labute approximate surface area is 118 Å². The number of carbonyl (C=O) groups is 1. The van der Waals surface area contributed by atoms with Gasteiger partial charge in [-0.15, -0.1) is 11.3 Å². The van der Waals surface area contributed by atoms with Crippen LogP contribution in [-0.4, -0.2) is 16.1 Å². The normalized spacial score (nSPS) is 10.9. The lowest BCUT2D eigenvalue weighted by molar-refractivity contribution is 0.0697. The van der Waals surface area contributed by atoms with Crippen LogP contribution >= 0.6 is 11.3 Å². The van der Waals surface area contributed by atoms with Gasteiger partial charge in [0.1, 0.15) is 10.8 Å². The number of rotatable bonds is 2. The quantitative estimate of drug-likeness (QED) is 0.771. The first-order chi connectivity index (χ1) is 9.54. The van der Waals surface area contributed by atoms with Crippen LogP contribution in [-0.2, 0) is 0 Å². The average molecular weight is 287 g/mol. The molecule has 0 radical (unpaired) electrons. The second-order valence-electron chi connectivity index (χ2n) is 4.47. The number of carboxylic acid groups (broad SMARTS) is 1. The molecule has 0 aliphatic carbocycles. The van der Waals surface area contributed by atoms with Gasteiger partial charge in [-0.25, -0.2) is 14.2 Å². The number of aryl methyl sites for hydroxylation is 1. The third kappa shape index (κ3) is 2.16. The van der Waals surface area contributed by atoms with Gasteiger partial charge in [-0.3, -0.25) is 0 Å². The summed E-state index contributed by atoms with van der Waals surface area (Å²) >= 11 is 1.36. The lowest BCUT2D eigenvalue weighted by Gasteiger charge is -2.01. The summed E-state index contributed by atoms with van der Waals surface area (Å²) in [5.74, 6) is -1.28. The number of halogens is 1. The van der Waals surface area contributed by atoms with Crippen molar-refractivity contribution < 1.29 is 14.3 Å². The smallest absolute Gasteiger partial charge is 0.335 e. The summed E-state index contributed by atoms with van der Waals surface area (Å²) < 4.78 is 14.1. The molecule has 0 fully saturated rings. The standard InChI is InChI=1S/C15H10FNO2S/c1-8-2-4-10(16)7-11(8)14-17-12-5-3-9(15(18)19)6-13(12)20-14/h2-7H,1H3,(H,18,19). The van der Waals surface area contributed by atoms with Crippen LogP contribution < -0.4 is 0 Å². The van der Waals surface area contributed by atoms with Crippen molar-refractivity contribution in [2.75, 3.05) is 0 Å². The minimum atomic E-state index is -0.969. The van der Waals surface area contributed by atoms with Gasteiger partial charge in [0.2, 0.25) is 0 Å². The lowest BCUT2D eigenvalue weighted by Crippen LogP contribution is -1.94. The second kappa shape index (κ2) is 4.68. The minimum absolute atomic E-state index is 0.226. The minimum Gasteiger partial charge on any atom is -0.478 e. The van der Waals surface area contributed by atoms with Crippen molar-refractivity contribution >= 4 is 27.5 Å². The van der Waals surface area contributed by atoms with E-state index in [0.29, 0.717) is 5.01 Å². The number of thiazole rings is 1. The second-order valence-corrected chi connectivity index (χ2v) is 5.50. The Hall–Kier alpha value is -2.27. The molecule has 1 heterocycles. The molecule has 0 saturated heterocycles. The predicted molar refractivity (Wildman–Crippen MR) is 76.7 cm³/mol. The SMILES string of the molecule is Cc1ccc(F)cc1-c1nc2ccc(C(=O)O)cc2s1. The zero-order chi connectivity index (χ0) is 14.3. The van der Waals surface area contributed by atoms with Crippen LogP contribution in [0.5, 0.6) is 0 Å². The van der Waals surface area contributed by atoms with Crippen LogP contribution in [0.3, 0.4) is 0 Å². The Morgan fingerprint density at radius 2 is 2.05 bits per heavy atom. The molecule has 0 aliphatic rings. The Morgan fingerprint density at radius 1 is 1.25 bits per heavy atom. The number of aromatic carboxylic acids is 1. The van der Waals surface area contributed by atoms with E-state index in [1.54, 1.807) is 18.2 Å². The predicted octanol–water partition coefficient (Wildman–Crippen LogP) is 4.11. The molecule has 0 saturated carbocycles. The highest BCUT2D eigenvalue weighted by Crippen LogP contribution is 2.32. The first-order valence-corrected chi connectivity index (χ1v) is 6.76. The van der Waals surface area contributed by atoms with Crippen LogP contribution in [0.15, 0.2) is 36.4 Å². The molecule has 20 heavy (non-hydrogen) atoms. The van der Waals surface area contributed by atoms with E-state index in [-0.39, 0.29) is 11.4 Å². The molecule has 0 amide bonds. The van der Waals surface area contributed by atoms with Crippen molar-refractivity contribution in [2.45, 2.75) is 6.92 Å². The summed E-state index contributed by atoms with van der Waals surface area (Å²) in [6.45, 7) is 1.89. The van der Waals surface area contributed by atoms with Crippen molar-refractivity contribution in [2.24, 2.45) is 0 Å². The monoisotopic (exact) mass is 287 g/mol. The van der Waals surface area contributed by atoms with Crippen LogP contribution in [0, 0.1) is 12.7 Å². The fourth-order valence-electron chi connectivity index (χ4n) is 2.00. The van der Waals surface area contributed by atoms with Gasteiger partial charge in [0.15, 0.2) is 0 Å². The molecule has 0 atom stereocenters. The number of carboxylic acids is 1. The van der Waals surface area contributed by atoms with E-state index >= 15 is 0 Å². The third-order valence-corrected chi connectivity index (χ3v) is 4.12. The van der Waals surface area contributed by atoms with Crippen LogP contribution in [0.2, 0.25) is 0 Å². The number of nitrogens with zero attached hydrogens (tertiary/aromatic N) is 1. The number of hydrogen-bond donors (Lipinski definition) is 1. The number of hydrogen-bond acceptors (Lipinski definition) is 3. The molecule has 0 unspecified atom stereocenters. The average Bonchev–Trinajstić information content (AvgIpc) is 2.83.